The number of hydrogen-bond acceptors (Lipinski definition) is 4. The second kappa shape index (κ2) is 8.02. The van der Waals surface area contributed by atoms with E-state index >= 15 is 0 Å². The number of furan rings is 1. The van der Waals surface area contributed by atoms with Gasteiger partial charge in [0, 0.05) is 12.3 Å². The van der Waals surface area contributed by atoms with Crippen molar-refractivity contribution in [3.63, 3.8) is 0 Å². The highest BCUT2D eigenvalue weighted by Crippen LogP contribution is 2.16. The van der Waals surface area contributed by atoms with Crippen molar-refractivity contribution >= 4 is 17.7 Å². The molecule has 0 aliphatic carbocycles. The third-order valence-corrected chi connectivity index (χ3v) is 3.74. The number of carbonyl (C=O) groups is 1. The monoisotopic (exact) mass is 350 g/mol. The van der Waals surface area contributed by atoms with Gasteiger partial charge >= 0.3 is 0 Å². The van der Waals surface area contributed by atoms with E-state index in [1.165, 1.54) is 16.9 Å². The van der Waals surface area contributed by atoms with Crippen LogP contribution in [-0.4, -0.2) is 17.6 Å². The molecule has 1 N–H and O–H groups in total. The van der Waals surface area contributed by atoms with Crippen LogP contribution in [0.2, 0.25) is 0 Å². The van der Waals surface area contributed by atoms with Crippen LogP contribution in [0.3, 0.4) is 0 Å². The molecule has 0 saturated carbocycles. The molecule has 0 unspecified atom stereocenters. The smallest absolute Gasteiger partial charge is 0.268 e. The minimum absolute atomic E-state index is 0.215. The quantitative estimate of drug-likeness (QED) is 0.694. The predicted molar refractivity (Wildman–Crippen MR) is 98.4 cm³/mol. The summed E-state index contributed by atoms with van der Waals surface area (Å²) in [6, 6.07) is 15.4. The first kappa shape index (κ1) is 17.3. The van der Waals surface area contributed by atoms with E-state index in [-0.39, 0.29) is 23.7 Å². The Morgan fingerprint density at radius 2 is 1.96 bits per heavy atom. The maximum Gasteiger partial charge on any atom is 0.268 e. The van der Waals surface area contributed by atoms with Crippen LogP contribution >= 0.6 is 0 Å². The van der Waals surface area contributed by atoms with Crippen LogP contribution in [0.5, 0.6) is 5.75 Å². The standard InChI is InChI=1S/C20H18N2O4/c1-25-16-9-7-15(8-10-16)13-18(22-11-3-2-6-19(22)23)20(24)21-14-17-5-4-12-26-17/h2-13H,14H2,1H3,(H,21,24). The lowest BCUT2D eigenvalue weighted by atomic mass is 10.1. The summed E-state index contributed by atoms with van der Waals surface area (Å²) in [4.78, 5) is 24.9. The Balaban J connectivity index is 1.93. The van der Waals surface area contributed by atoms with Crippen molar-refractivity contribution in [3.8, 4) is 5.75 Å². The van der Waals surface area contributed by atoms with E-state index in [0.717, 1.165) is 5.56 Å². The summed E-state index contributed by atoms with van der Waals surface area (Å²) in [7, 11) is 1.59. The maximum absolute atomic E-state index is 12.7. The molecule has 0 fully saturated rings. The topological polar surface area (TPSA) is 73.5 Å². The second-order valence-corrected chi connectivity index (χ2v) is 5.47. The van der Waals surface area contributed by atoms with Crippen LogP contribution in [-0.2, 0) is 11.3 Å². The molecule has 132 valence electrons. The first-order valence-electron chi connectivity index (χ1n) is 8.02. The van der Waals surface area contributed by atoms with Gasteiger partial charge < -0.3 is 14.5 Å². The Morgan fingerprint density at radius 3 is 2.62 bits per heavy atom. The van der Waals surface area contributed by atoms with E-state index in [1.807, 2.05) is 12.1 Å². The van der Waals surface area contributed by atoms with Gasteiger partial charge in [0.25, 0.3) is 11.5 Å². The van der Waals surface area contributed by atoms with Crippen molar-refractivity contribution in [1.29, 1.82) is 0 Å². The van der Waals surface area contributed by atoms with Crippen molar-refractivity contribution in [2.45, 2.75) is 6.54 Å². The molecule has 1 amide bonds. The summed E-state index contributed by atoms with van der Waals surface area (Å²) in [5, 5.41) is 2.77. The van der Waals surface area contributed by atoms with Crippen LogP contribution in [0, 0.1) is 0 Å². The van der Waals surface area contributed by atoms with Gasteiger partial charge in [0.05, 0.1) is 19.9 Å². The van der Waals surface area contributed by atoms with Gasteiger partial charge in [-0.1, -0.05) is 18.2 Å². The number of rotatable bonds is 6. The largest absolute Gasteiger partial charge is 0.497 e. The van der Waals surface area contributed by atoms with Gasteiger partial charge in [0.2, 0.25) is 0 Å². The lowest BCUT2D eigenvalue weighted by Gasteiger charge is -2.11. The van der Waals surface area contributed by atoms with Gasteiger partial charge in [-0.15, -0.1) is 0 Å². The van der Waals surface area contributed by atoms with Gasteiger partial charge in [0.1, 0.15) is 17.2 Å². The molecule has 26 heavy (non-hydrogen) atoms. The molecular weight excluding hydrogens is 332 g/mol. The average molecular weight is 350 g/mol. The average Bonchev–Trinajstić information content (AvgIpc) is 3.19. The molecular formula is C20H18N2O4. The predicted octanol–water partition coefficient (Wildman–Crippen LogP) is 2.76. The Hall–Kier alpha value is -3.54. The summed E-state index contributed by atoms with van der Waals surface area (Å²) in [5.41, 5.74) is 0.692. The van der Waals surface area contributed by atoms with Crippen molar-refractivity contribution in [3.05, 3.63) is 88.7 Å². The van der Waals surface area contributed by atoms with Crippen LogP contribution in [0.15, 0.2) is 76.3 Å². The molecule has 3 rings (SSSR count). The maximum atomic E-state index is 12.7. The summed E-state index contributed by atoms with van der Waals surface area (Å²) in [6.45, 7) is 0.230. The summed E-state index contributed by atoms with van der Waals surface area (Å²) >= 11 is 0. The first-order valence-corrected chi connectivity index (χ1v) is 8.02. The lowest BCUT2D eigenvalue weighted by molar-refractivity contribution is -0.116. The number of benzene rings is 1. The zero-order valence-electron chi connectivity index (χ0n) is 14.2. The molecule has 6 nitrogen and oxygen atoms in total. The number of hydrogen-bond donors (Lipinski definition) is 1. The third-order valence-electron chi connectivity index (χ3n) is 3.74. The number of amides is 1. The number of carbonyl (C=O) groups excluding carboxylic acids is 1. The molecule has 0 aliphatic heterocycles. The van der Waals surface area contributed by atoms with E-state index in [9.17, 15) is 9.59 Å². The van der Waals surface area contributed by atoms with E-state index < -0.39 is 0 Å². The molecule has 1 aromatic carbocycles. The molecule has 0 radical (unpaired) electrons. The number of ether oxygens (including phenoxy) is 1. The van der Waals surface area contributed by atoms with E-state index in [1.54, 1.807) is 55.8 Å². The number of methoxy groups -OCH3 is 1. The van der Waals surface area contributed by atoms with E-state index in [2.05, 4.69) is 5.32 Å². The highest BCUT2D eigenvalue weighted by molar-refractivity contribution is 6.18. The lowest BCUT2D eigenvalue weighted by Crippen LogP contribution is -2.30. The van der Waals surface area contributed by atoms with Crippen molar-refractivity contribution < 1.29 is 13.9 Å². The van der Waals surface area contributed by atoms with Crippen molar-refractivity contribution in [2.24, 2.45) is 0 Å². The van der Waals surface area contributed by atoms with Gasteiger partial charge in [-0.2, -0.15) is 0 Å². The zero-order chi connectivity index (χ0) is 18.4. The Kier molecular flexibility index (Phi) is 5.34. The third kappa shape index (κ3) is 4.10. The van der Waals surface area contributed by atoms with Gasteiger partial charge in [-0.05, 0) is 42.0 Å². The normalized spacial score (nSPS) is 11.2. The van der Waals surface area contributed by atoms with E-state index in [0.29, 0.717) is 11.5 Å². The number of aromatic nitrogens is 1. The fourth-order valence-corrected chi connectivity index (χ4v) is 2.40. The Bertz CT molecular complexity index is 954. The van der Waals surface area contributed by atoms with Gasteiger partial charge in [-0.3, -0.25) is 14.2 Å². The van der Waals surface area contributed by atoms with Crippen LogP contribution < -0.4 is 15.6 Å². The molecule has 0 spiro atoms. The Labute approximate surface area is 150 Å². The van der Waals surface area contributed by atoms with E-state index in [4.69, 9.17) is 9.15 Å². The summed E-state index contributed by atoms with van der Waals surface area (Å²) in [6.07, 6.45) is 4.75. The minimum atomic E-state index is -0.384. The van der Waals surface area contributed by atoms with Crippen LogP contribution in [0.4, 0.5) is 0 Å². The number of pyridine rings is 1. The van der Waals surface area contributed by atoms with Crippen LogP contribution in [0.25, 0.3) is 11.8 Å². The van der Waals surface area contributed by atoms with Gasteiger partial charge in [-0.25, -0.2) is 0 Å². The number of nitrogens with zero attached hydrogens (tertiary/aromatic N) is 1. The second-order valence-electron chi connectivity index (χ2n) is 5.47. The molecule has 3 aromatic rings. The Morgan fingerprint density at radius 1 is 1.15 bits per heavy atom. The summed E-state index contributed by atoms with van der Waals surface area (Å²) < 4.78 is 11.7. The SMILES string of the molecule is COc1ccc(C=C(C(=O)NCc2ccco2)n2ccccc2=O)cc1. The van der Waals surface area contributed by atoms with Crippen LogP contribution in [0.1, 0.15) is 11.3 Å². The summed E-state index contributed by atoms with van der Waals surface area (Å²) in [5.74, 6) is 0.955. The molecule has 2 aromatic heterocycles. The fourth-order valence-electron chi connectivity index (χ4n) is 2.40. The highest BCUT2D eigenvalue weighted by Gasteiger charge is 2.13. The molecule has 2 heterocycles. The van der Waals surface area contributed by atoms with Crippen molar-refractivity contribution in [2.75, 3.05) is 7.11 Å². The molecule has 0 bridgehead atoms. The molecule has 0 atom stereocenters. The fraction of sp³-hybridized carbons (Fsp3) is 0.100. The molecule has 0 saturated heterocycles. The molecule has 0 aliphatic rings. The molecule has 6 heteroatoms. The number of nitrogens with one attached hydrogen (secondary N) is 1. The first-order chi connectivity index (χ1) is 12.7. The van der Waals surface area contributed by atoms with Gasteiger partial charge in [0.15, 0.2) is 0 Å². The highest BCUT2D eigenvalue weighted by atomic mass is 16.5. The zero-order valence-corrected chi connectivity index (χ0v) is 14.2. The minimum Gasteiger partial charge on any atom is -0.497 e. The van der Waals surface area contributed by atoms with Crippen molar-refractivity contribution in [1.82, 2.24) is 9.88 Å².